The van der Waals surface area contributed by atoms with Crippen molar-refractivity contribution in [2.75, 3.05) is 62.7 Å². The van der Waals surface area contributed by atoms with Crippen molar-refractivity contribution in [3.63, 3.8) is 0 Å². The molecule has 2 aliphatic heterocycles. The lowest BCUT2D eigenvalue weighted by molar-refractivity contribution is -0.144. The largest absolute Gasteiger partial charge is 0.391 e. The number of Topliss-reactive ketones (excluding diaryl/α,β-unsaturated/α-hetero) is 1. The molecule has 0 radical (unpaired) electrons. The highest BCUT2D eigenvalue weighted by Gasteiger charge is 2.44. The number of pyridine rings is 2. The molecule has 1 aromatic carbocycles. The summed E-state index contributed by atoms with van der Waals surface area (Å²) in [5.41, 5.74) is 6.81. The second-order valence-corrected chi connectivity index (χ2v) is 23.1. The summed E-state index contributed by atoms with van der Waals surface area (Å²) < 4.78 is 9.18. The van der Waals surface area contributed by atoms with Gasteiger partial charge in [0.1, 0.15) is 23.5 Å². The van der Waals surface area contributed by atoms with Crippen molar-refractivity contribution in [1.82, 2.24) is 65.2 Å². The molecule has 430 valence electrons. The average Bonchev–Trinajstić information content (AvgIpc) is 4.24. The first kappa shape index (κ1) is 58.1. The van der Waals surface area contributed by atoms with Crippen molar-refractivity contribution >= 4 is 69.2 Å². The Morgan fingerprint density at radius 3 is 2.35 bits per heavy atom. The van der Waals surface area contributed by atoms with Gasteiger partial charge in [-0.3, -0.25) is 38.2 Å². The fraction of sp³-hybridized carbons (Fsp3) is 0.509. The quantitative estimate of drug-likeness (QED) is 0.0458. The van der Waals surface area contributed by atoms with Gasteiger partial charge in [-0.1, -0.05) is 63.1 Å². The van der Waals surface area contributed by atoms with Crippen LogP contribution in [0.4, 0.5) is 17.5 Å². The molecular formula is C57H73N15O8S. The first-order chi connectivity index (χ1) is 38.9. The van der Waals surface area contributed by atoms with Gasteiger partial charge in [0.05, 0.1) is 65.1 Å². The number of likely N-dealkylation sites (tertiary alicyclic amines) is 1. The highest BCUT2D eigenvalue weighted by atomic mass is 32.1. The van der Waals surface area contributed by atoms with E-state index in [0.29, 0.717) is 48.1 Å². The van der Waals surface area contributed by atoms with Crippen molar-refractivity contribution in [3.8, 4) is 10.4 Å². The van der Waals surface area contributed by atoms with Crippen LogP contribution in [0.1, 0.15) is 112 Å². The first-order valence-electron chi connectivity index (χ1n) is 27.8. The van der Waals surface area contributed by atoms with E-state index in [4.69, 9.17) is 9.72 Å². The van der Waals surface area contributed by atoms with Gasteiger partial charge in [0.2, 0.25) is 29.6 Å². The molecule has 24 heteroatoms. The zero-order valence-corrected chi connectivity index (χ0v) is 47.8. The van der Waals surface area contributed by atoms with Crippen molar-refractivity contribution in [3.05, 3.63) is 98.9 Å². The minimum absolute atomic E-state index is 0.0106. The van der Waals surface area contributed by atoms with Crippen molar-refractivity contribution in [2.45, 2.75) is 130 Å². The van der Waals surface area contributed by atoms with Gasteiger partial charge in [-0.15, -0.1) is 16.4 Å². The number of anilines is 3. The van der Waals surface area contributed by atoms with E-state index >= 15 is 0 Å². The second-order valence-electron chi connectivity index (χ2n) is 22.3. The molecule has 23 nitrogen and oxygen atoms in total. The number of carbonyl (C=O) groups is 5. The molecule has 3 unspecified atom stereocenters. The highest BCUT2D eigenvalue weighted by Crippen LogP contribution is 2.33. The maximum atomic E-state index is 14.0. The third-order valence-corrected chi connectivity index (χ3v) is 16.2. The lowest BCUT2D eigenvalue weighted by Gasteiger charge is -2.35. The zero-order valence-electron chi connectivity index (χ0n) is 46.9. The summed E-state index contributed by atoms with van der Waals surface area (Å²) in [6.45, 7) is 16.0. The minimum Gasteiger partial charge on any atom is -0.391 e. The third kappa shape index (κ3) is 14.3. The number of β-amino-alcohol motifs (C(OH)–C–C–N with tert-alkyl or cyclic N) is 1. The Balaban J connectivity index is 0.651. The standard InChI is InChI=1S/C57H73N15O8S/c1-35-44-30-61-56(65-52(44)72(41-9-7-8-10-41)54(78)49(35)37(3)73)63-46-16-15-42(29-59-46)69-22-20-68(21-23-69)31-40-32-70(67-66-40)24-26-80-25-19-58-47(75)17-18-48(76)64-51(57(4,5)6)55(79)71-33-43(74)27-45(71)53(77)60-28-38-11-13-39(14-12-38)50-36(2)62-34-81-50/h11-16,29-30,32,34,41,43,45,51,74H,7-10,17-28,31,33H2,1-6H3,(H,58,75)(H,60,77)(H,64,76)(H,59,61,63,65). The Bertz CT molecular complexity index is 3270. The molecule has 81 heavy (non-hydrogen) atoms. The second kappa shape index (κ2) is 25.9. The van der Waals surface area contributed by atoms with Gasteiger partial charge in [0.15, 0.2) is 5.78 Å². The molecule has 3 fully saturated rings. The molecule has 2 saturated heterocycles. The fourth-order valence-electron chi connectivity index (χ4n) is 10.8. The lowest BCUT2D eigenvalue weighted by Crippen LogP contribution is -2.57. The molecule has 3 atom stereocenters. The number of hydrogen-bond donors (Lipinski definition) is 5. The van der Waals surface area contributed by atoms with Crippen LogP contribution >= 0.6 is 11.3 Å². The Morgan fingerprint density at radius 1 is 0.901 bits per heavy atom. The van der Waals surface area contributed by atoms with Crippen LogP contribution in [0.3, 0.4) is 0 Å². The van der Waals surface area contributed by atoms with E-state index in [-0.39, 0.29) is 74.4 Å². The summed E-state index contributed by atoms with van der Waals surface area (Å²) in [4.78, 5) is 105. The number of aromatic nitrogens is 8. The monoisotopic (exact) mass is 1130 g/mol. The summed E-state index contributed by atoms with van der Waals surface area (Å²) >= 11 is 1.56. The predicted molar refractivity (Wildman–Crippen MR) is 306 cm³/mol. The molecule has 0 spiro atoms. The molecule has 0 bridgehead atoms. The van der Waals surface area contributed by atoms with Gasteiger partial charge in [-0.2, -0.15) is 4.98 Å². The van der Waals surface area contributed by atoms with Gasteiger partial charge in [-0.25, -0.2) is 19.6 Å². The lowest BCUT2D eigenvalue weighted by atomic mass is 9.85. The summed E-state index contributed by atoms with van der Waals surface area (Å²) in [5, 5.41) is 31.6. The number of nitrogens with zero attached hydrogens (tertiary/aromatic N) is 11. The van der Waals surface area contributed by atoms with Gasteiger partial charge in [0, 0.05) is 95.4 Å². The first-order valence-corrected chi connectivity index (χ1v) is 28.7. The van der Waals surface area contributed by atoms with E-state index < -0.39 is 41.3 Å². The van der Waals surface area contributed by atoms with Crippen LogP contribution in [0.5, 0.6) is 0 Å². The van der Waals surface area contributed by atoms with Gasteiger partial charge >= 0.3 is 0 Å². The average molecular weight is 1130 g/mol. The number of aryl methyl sites for hydroxylation is 2. The zero-order chi connectivity index (χ0) is 57.4. The topological polar surface area (TPSA) is 277 Å². The third-order valence-electron chi connectivity index (χ3n) is 15.3. The molecule has 1 saturated carbocycles. The smallest absolute Gasteiger partial charge is 0.263 e. The number of aliphatic hydroxyl groups excluding tert-OH is 1. The molecule has 6 aromatic rings. The number of carbonyl (C=O) groups excluding carboxylic acids is 5. The summed E-state index contributed by atoms with van der Waals surface area (Å²) in [5.74, 6) is -1.06. The Labute approximate surface area is 474 Å². The number of hydrogen-bond acceptors (Lipinski definition) is 18. The number of amides is 4. The van der Waals surface area contributed by atoms with Gasteiger partial charge in [-0.05, 0) is 67.9 Å². The van der Waals surface area contributed by atoms with E-state index in [1.165, 1.54) is 11.8 Å². The molecule has 9 rings (SSSR count). The van der Waals surface area contributed by atoms with Crippen LogP contribution < -0.4 is 31.7 Å². The van der Waals surface area contributed by atoms with E-state index in [2.05, 4.69) is 56.3 Å². The van der Waals surface area contributed by atoms with Crippen molar-refractivity contribution < 1.29 is 33.8 Å². The van der Waals surface area contributed by atoms with Gasteiger partial charge < -0.3 is 40.9 Å². The molecule has 5 aromatic heterocycles. The van der Waals surface area contributed by atoms with Crippen LogP contribution in [0.25, 0.3) is 21.5 Å². The molecule has 7 heterocycles. The van der Waals surface area contributed by atoms with Crippen molar-refractivity contribution in [2.24, 2.45) is 5.41 Å². The van der Waals surface area contributed by atoms with Crippen LogP contribution in [0, 0.1) is 19.3 Å². The molecule has 1 aliphatic carbocycles. The number of aliphatic hydroxyl groups is 1. The van der Waals surface area contributed by atoms with E-state index in [9.17, 15) is 33.9 Å². The Kier molecular flexibility index (Phi) is 18.6. The number of rotatable bonds is 22. The predicted octanol–water partition coefficient (Wildman–Crippen LogP) is 4.62. The SMILES string of the molecule is CC(=O)c1c(C)c2cnc(Nc3ccc(N4CCN(Cc5cn(CCOCCNC(=O)CCC(=O)NC(C(=O)N6CC(O)CC6C(=O)NCc6ccc(-c7scnc7C)cc6)C(C)(C)C)nn5)CC4)cn3)nc2n(C2CCCC2)c1=O. The number of ketones is 1. The van der Waals surface area contributed by atoms with E-state index in [1.54, 1.807) is 39.2 Å². The summed E-state index contributed by atoms with van der Waals surface area (Å²) in [6.07, 6.45) is 8.11. The Morgan fingerprint density at radius 2 is 1.65 bits per heavy atom. The summed E-state index contributed by atoms with van der Waals surface area (Å²) in [7, 11) is 0. The number of nitrogens with one attached hydrogen (secondary N) is 4. The number of fused-ring (bicyclic) bond motifs is 1. The summed E-state index contributed by atoms with van der Waals surface area (Å²) in [6, 6.07) is 9.79. The number of piperazine rings is 1. The maximum absolute atomic E-state index is 14.0. The number of ether oxygens (including phenoxy) is 1. The van der Waals surface area contributed by atoms with Crippen LogP contribution in [-0.4, -0.2) is 154 Å². The minimum atomic E-state index is -1.01. The van der Waals surface area contributed by atoms with E-state index in [0.717, 1.165) is 84.9 Å². The fourth-order valence-corrected chi connectivity index (χ4v) is 11.6. The Hall–Kier alpha value is -7.54. The molecule has 4 amide bonds. The molecule has 5 N–H and O–H groups in total. The van der Waals surface area contributed by atoms with Gasteiger partial charge in [0.25, 0.3) is 5.56 Å². The van der Waals surface area contributed by atoms with Crippen LogP contribution in [0.15, 0.2) is 65.3 Å². The number of thiazole rings is 1. The highest BCUT2D eigenvalue weighted by molar-refractivity contribution is 7.13. The van der Waals surface area contributed by atoms with Crippen LogP contribution in [0.2, 0.25) is 0 Å². The normalized spacial score (nSPS) is 17.4. The maximum Gasteiger partial charge on any atom is 0.263 e. The van der Waals surface area contributed by atoms with E-state index in [1.807, 2.05) is 76.5 Å². The molecule has 3 aliphatic rings. The van der Waals surface area contributed by atoms with Crippen molar-refractivity contribution in [1.29, 1.82) is 0 Å². The number of benzene rings is 1. The van der Waals surface area contributed by atoms with Crippen LogP contribution in [-0.2, 0) is 43.5 Å². The molecular weight excluding hydrogens is 1050 g/mol.